The van der Waals surface area contributed by atoms with Crippen LogP contribution in [0.4, 0.5) is 5.82 Å². The Morgan fingerprint density at radius 2 is 2.25 bits per heavy atom. The minimum Gasteiger partial charge on any atom is -0.371 e. The molecule has 16 heavy (non-hydrogen) atoms. The zero-order chi connectivity index (χ0) is 11.6. The Labute approximate surface area is 100 Å². The molecule has 0 aromatic carbocycles. The van der Waals surface area contributed by atoms with Crippen LogP contribution in [0, 0.1) is 5.41 Å². The number of pyridine rings is 1. The molecule has 2 aromatic rings. The highest BCUT2D eigenvalue weighted by molar-refractivity contribution is 6.18. The average molecular weight is 238 g/mol. The van der Waals surface area contributed by atoms with Crippen molar-refractivity contribution in [2.75, 3.05) is 17.7 Å². The van der Waals surface area contributed by atoms with Crippen molar-refractivity contribution in [3.63, 3.8) is 0 Å². The van der Waals surface area contributed by atoms with Gasteiger partial charge in [-0.05, 0) is 17.5 Å². The van der Waals surface area contributed by atoms with Crippen LogP contribution in [0.3, 0.4) is 0 Å². The zero-order valence-electron chi connectivity index (χ0n) is 9.57. The maximum atomic E-state index is 5.90. The van der Waals surface area contributed by atoms with E-state index >= 15 is 0 Å². The molecular weight excluding hydrogens is 222 g/mol. The summed E-state index contributed by atoms with van der Waals surface area (Å²) < 4.78 is 2.03. The minimum atomic E-state index is 0.0876. The van der Waals surface area contributed by atoms with E-state index in [1.54, 1.807) is 6.20 Å². The van der Waals surface area contributed by atoms with Gasteiger partial charge in [-0.1, -0.05) is 19.9 Å². The van der Waals surface area contributed by atoms with Crippen LogP contribution in [-0.4, -0.2) is 21.8 Å². The number of hydrogen-bond acceptors (Lipinski definition) is 2. The van der Waals surface area contributed by atoms with Crippen LogP contribution in [-0.2, 0) is 0 Å². The van der Waals surface area contributed by atoms with Gasteiger partial charge in [0.1, 0.15) is 11.5 Å². The van der Waals surface area contributed by atoms with E-state index in [4.69, 9.17) is 11.6 Å². The minimum absolute atomic E-state index is 0.0876. The Morgan fingerprint density at radius 1 is 1.44 bits per heavy atom. The van der Waals surface area contributed by atoms with E-state index in [2.05, 4.69) is 24.1 Å². The third kappa shape index (κ3) is 2.30. The predicted molar refractivity (Wildman–Crippen MR) is 68.2 cm³/mol. The number of hydrogen-bond donors (Lipinski definition) is 1. The van der Waals surface area contributed by atoms with Crippen molar-refractivity contribution in [3.8, 4) is 0 Å². The van der Waals surface area contributed by atoms with Crippen molar-refractivity contribution in [2.45, 2.75) is 13.8 Å². The monoisotopic (exact) mass is 237 g/mol. The van der Waals surface area contributed by atoms with Gasteiger partial charge in [0.05, 0.1) is 0 Å². The van der Waals surface area contributed by atoms with Gasteiger partial charge >= 0.3 is 0 Å². The van der Waals surface area contributed by atoms with Gasteiger partial charge in [0.25, 0.3) is 0 Å². The number of fused-ring (bicyclic) bond motifs is 1. The van der Waals surface area contributed by atoms with Gasteiger partial charge in [0.2, 0.25) is 0 Å². The molecule has 2 rings (SSSR count). The van der Waals surface area contributed by atoms with Gasteiger partial charge in [-0.3, -0.25) is 4.40 Å². The fraction of sp³-hybridized carbons (Fsp3) is 0.417. The lowest BCUT2D eigenvalue weighted by atomic mass is 9.97. The molecule has 0 bridgehead atoms. The second-order valence-electron chi connectivity index (χ2n) is 4.72. The molecule has 0 aliphatic rings. The van der Waals surface area contributed by atoms with Gasteiger partial charge in [0, 0.05) is 24.8 Å². The molecule has 4 heteroatoms. The van der Waals surface area contributed by atoms with Gasteiger partial charge < -0.3 is 5.32 Å². The maximum Gasteiger partial charge on any atom is 0.138 e. The summed E-state index contributed by atoms with van der Waals surface area (Å²) in [5.74, 6) is 1.69. The molecule has 3 nitrogen and oxygen atoms in total. The van der Waals surface area contributed by atoms with Crippen LogP contribution in [0.5, 0.6) is 0 Å². The largest absolute Gasteiger partial charge is 0.371 e. The Kier molecular flexibility index (Phi) is 3.06. The predicted octanol–water partition coefficient (Wildman–Crippen LogP) is 3.01. The number of anilines is 1. The quantitative estimate of drug-likeness (QED) is 0.829. The third-order valence-electron chi connectivity index (χ3n) is 2.54. The molecule has 0 amide bonds. The normalized spacial score (nSPS) is 11.9. The molecule has 0 saturated carbocycles. The highest BCUT2D eigenvalue weighted by Crippen LogP contribution is 2.19. The molecule has 0 aliphatic heterocycles. The Balaban J connectivity index is 2.18. The number of alkyl halides is 1. The van der Waals surface area contributed by atoms with Crippen LogP contribution in [0.1, 0.15) is 13.8 Å². The summed E-state index contributed by atoms with van der Waals surface area (Å²) in [6.45, 7) is 5.12. The second-order valence-corrected chi connectivity index (χ2v) is 4.99. The molecule has 2 aromatic heterocycles. The lowest BCUT2D eigenvalue weighted by Crippen LogP contribution is -2.25. The second kappa shape index (κ2) is 4.34. The van der Waals surface area contributed by atoms with Crippen molar-refractivity contribution in [1.82, 2.24) is 9.38 Å². The van der Waals surface area contributed by atoms with Crippen molar-refractivity contribution >= 4 is 23.1 Å². The van der Waals surface area contributed by atoms with E-state index in [1.807, 2.05) is 28.8 Å². The fourth-order valence-electron chi connectivity index (χ4n) is 1.47. The molecule has 2 heterocycles. The summed E-state index contributed by atoms with van der Waals surface area (Å²) in [5.41, 5.74) is 1.04. The molecule has 0 spiro atoms. The van der Waals surface area contributed by atoms with Crippen LogP contribution >= 0.6 is 11.6 Å². The van der Waals surface area contributed by atoms with Gasteiger partial charge in [-0.15, -0.1) is 11.6 Å². The molecule has 1 N–H and O–H groups in total. The summed E-state index contributed by atoms with van der Waals surface area (Å²) in [6, 6.07) is 6.02. The van der Waals surface area contributed by atoms with Crippen LogP contribution in [0.25, 0.3) is 5.65 Å². The van der Waals surface area contributed by atoms with Crippen LogP contribution < -0.4 is 5.32 Å². The fourth-order valence-corrected chi connectivity index (χ4v) is 1.56. The molecule has 86 valence electrons. The van der Waals surface area contributed by atoms with Gasteiger partial charge in [-0.25, -0.2) is 4.98 Å². The highest BCUT2D eigenvalue weighted by Gasteiger charge is 2.16. The third-order valence-corrected chi connectivity index (χ3v) is 3.26. The first-order chi connectivity index (χ1) is 7.62. The van der Waals surface area contributed by atoms with E-state index in [0.29, 0.717) is 5.88 Å². The van der Waals surface area contributed by atoms with E-state index in [9.17, 15) is 0 Å². The number of rotatable bonds is 4. The number of aromatic nitrogens is 2. The summed E-state index contributed by atoms with van der Waals surface area (Å²) in [5, 5.41) is 3.40. The molecule has 0 unspecified atom stereocenters. The van der Waals surface area contributed by atoms with Crippen LogP contribution in [0.15, 0.2) is 30.6 Å². The van der Waals surface area contributed by atoms with Crippen molar-refractivity contribution in [2.24, 2.45) is 5.41 Å². The van der Waals surface area contributed by atoms with Gasteiger partial charge in [-0.2, -0.15) is 0 Å². The Bertz CT molecular complexity index is 476. The van der Waals surface area contributed by atoms with Crippen LogP contribution in [0.2, 0.25) is 0 Å². The lowest BCUT2D eigenvalue weighted by molar-refractivity contribution is 0.449. The van der Waals surface area contributed by atoms with E-state index < -0.39 is 0 Å². The first kappa shape index (κ1) is 11.3. The lowest BCUT2D eigenvalue weighted by Gasteiger charge is -2.22. The van der Waals surface area contributed by atoms with Gasteiger partial charge in [0.15, 0.2) is 0 Å². The Hall–Kier alpha value is -1.22. The molecule has 0 saturated heterocycles. The molecule has 0 radical (unpaired) electrons. The summed E-state index contributed by atoms with van der Waals surface area (Å²) >= 11 is 5.90. The van der Waals surface area contributed by atoms with E-state index in [1.165, 1.54) is 0 Å². The summed E-state index contributed by atoms with van der Waals surface area (Å²) in [7, 11) is 0. The Morgan fingerprint density at radius 3 is 3.00 bits per heavy atom. The number of imidazole rings is 1. The van der Waals surface area contributed by atoms with Crippen molar-refractivity contribution in [1.29, 1.82) is 0 Å². The van der Waals surface area contributed by atoms with E-state index in [0.717, 1.165) is 18.0 Å². The number of nitrogens with one attached hydrogen (secondary N) is 1. The molecular formula is C12H16ClN3. The average Bonchev–Trinajstić information content (AvgIpc) is 2.75. The zero-order valence-corrected chi connectivity index (χ0v) is 10.3. The first-order valence-corrected chi connectivity index (χ1v) is 5.88. The smallest absolute Gasteiger partial charge is 0.138 e. The topological polar surface area (TPSA) is 29.3 Å². The SMILES string of the molecule is CC(C)(CCl)CNc1cccc2nccn12. The molecule has 0 fully saturated rings. The summed E-state index contributed by atoms with van der Waals surface area (Å²) in [4.78, 5) is 4.24. The highest BCUT2D eigenvalue weighted by atomic mass is 35.5. The van der Waals surface area contributed by atoms with Crippen molar-refractivity contribution < 1.29 is 0 Å². The van der Waals surface area contributed by atoms with Crippen molar-refractivity contribution in [3.05, 3.63) is 30.6 Å². The standard InChI is InChI=1S/C12H16ClN3/c1-12(2,8-13)9-15-11-5-3-4-10-14-6-7-16(10)11/h3-7,15H,8-9H2,1-2H3. The number of nitrogens with zero attached hydrogens (tertiary/aromatic N) is 2. The maximum absolute atomic E-state index is 5.90. The number of halogens is 1. The van der Waals surface area contributed by atoms with E-state index in [-0.39, 0.29) is 5.41 Å². The molecule has 0 atom stereocenters. The first-order valence-electron chi connectivity index (χ1n) is 5.34. The molecule has 0 aliphatic carbocycles. The summed E-state index contributed by atoms with van der Waals surface area (Å²) in [6.07, 6.45) is 3.75.